The topological polar surface area (TPSA) is 47.0 Å². The second-order valence-corrected chi connectivity index (χ2v) is 5.29. The smallest absolute Gasteiger partial charge is 0.134 e. The Morgan fingerprint density at radius 1 is 1.41 bits per heavy atom. The average molecular weight is 256 g/mol. The number of hydrogen-bond acceptors (Lipinski definition) is 4. The third-order valence-electron chi connectivity index (χ3n) is 3.20. The first-order chi connectivity index (χ1) is 8.07. The van der Waals surface area contributed by atoms with E-state index < -0.39 is 0 Å². The second-order valence-electron chi connectivity index (χ2n) is 4.90. The molecule has 0 amide bonds. The molecular weight excluding hydrogens is 238 g/mol. The van der Waals surface area contributed by atoms with E-state index >= 15 is 0 Å². The van der Waals surface area contributed by atoms with Crippen molar-refractivity contribution in [2.24, 2.45) is 5.41 Å². The molecule has 1 aliphatic heterocycles. The minimum Gasteiger partial charge on any atom is -0.381 e. The molecule has 17 heavy (non-hydrogen) atoms. The molecule has 0 atom stereocenters. The molecule has 1 aromatic rings. The van der Waals surface area contributed by atoms with Crippen LogP contribution in [0.2, 0.25) is 5.15 Å². The zero-order valence-corrected chi connectivity index (χ0v) is 11.0. The summed E-state index contributed by atoms with van der Waals surface area (Å²) < 4.78 is 5.38. The summed E-state index contributed by atoms with van der Waals surface area (Å²) >= 11 is 5.90. The fourth-order valence-electron chi connectivity index (χ4n) is 1.97. The fourth-order valence-corrected chi connectivity index (χ4v) is 2.19. The molecule has 2 rings (SSSR count). The highest BCUT2D eigenvalue weighted by Gasteiger charge is 2.27. The molecule has 1 N–H and O–H groups in total. The Hall–Kier alpha value is -0.870. The molecule has 5 heteroatoms. The van der Waals surface area contributed by atoms with E-state index in [1.54, 1.807) is 6.07 Å². The number of nitrogens with one attached hydrogen (secondary N) is 1. The molecule has 0 aromatic carbocycles. The van der Waals surface area contributed by atoms with Crippen LogP contribution in [0.25, 0.3) is 0 Å². The van der Waals surface area contributed by atoms with Gasteiger partial charge in [0, 0.05) is 25.8 Å². The van der Waals surface area contributed by atoms with Crippen LogP contribution < -0.4 is 5.32 Å². The lowest BCUT2D eigenvalue weighted by Crippen LogP contribution is -2.33. The summed E-state index contributed by atoms with van der Waals surface area (Å²) in [4.78, 5) is 8.35. The second kappa shape index (κ2) is 5.19. The van der Waals surface area contributed by atoms with Gasteiger partial charge >= 0.3 is 0 Å². The van der Waals surface area contributed by atoms with E-state index in [1.165, 1.54) is 0 Å². The Balaban J connectivity index is 1.96. The fraction of sp³-hybridized carbons (Fsp3) is 0.667. The normalized spacial score (nSPS) is 19.0. The number of halogens is 1. The number of anilines is 1. The molecular formula is C12H18ClN3O. The maximum absolute atomic E-state index is 5.90. The molecule has 0 spiro atoms. The van der Waals surface area contributed by atoms with Crippen molar-refractivity contribution < 1.29 is 4.74 Å². The molecule has 0 radical (unpaired) electrons. The number of nitrogens with zero attached hydrogens (tertiary/aromatic N) is 2. The Morgan fingerprint density at radius 3 is 2.76 bits per heavy atom. The minimum absolute atomic E-state index is 0.281. The Bertz CT molecular complexity index is 371. The Labute approximate surface area is 107 Å². The van der Waals surface area contributed by atoms with Crippen LogP contribution in [-0.4, -0.2) is 29.7 Å². The van der Waals surface area contributed by atoms with Crippen LogP contribution in [0.5, 0.6) is 0 Å². The Morgan fingerprint density at radius 2 is 2.12 bits per heavy atom. The van der Waals surface area contributed by atoms with Crippen molar-refractivity contribution in [2.75, 3.05) is 25.1 Å². The first-order valence-electron chi connectivity index (χ1n) is 5.90. The van der Waals surface area contributed by atoms with Gasteiger partial charge in [-0.25, -0.2) is 9.97 Å². The van der Waals surface area contributed by atoms with Crippen LogP contribution in [0, 0.1) is 12.3 Å². The largest absolute Gasteiger partial charge is 0.381 e. The monoisotopic (exact) mass is 255 g/mol. The highest BCUT2D eigenvalue weighted by Crippen LogP contribution is 2.29. The number of ether oxygens (including phenoxy) is 1. The predicted octanol–water partition coefficient (Wildman–Crippen LogP) is 2.67. The van der Waals surface area contributed by atoms with Gasteiger partial charge in [-0.3, -0.25) is 0 Å². The van der Waals surface area contributed by atoms with Gasteiger partial charge < -0.3 is 10.1 Å². The standard InChI is InChI=1S/C12H18ClN3O/c1-9-15-10(13)7-11(16-9)14-8-12(2)3-5-17-6-4-12/h7H,3-6,8H2,1-2H3,(H,14,15,16). The summed E-state index contributed by atoms with van der Waals surface area (Å²) in [6.07, 6.45) is 2.16. The van der Waals surface area contributed by atoms with E-state index in [-0.39, 0.29) is 5.41 Å². The molecule has 0 saturated carbocycles. The van der Waals surface area contributed by atoms with Gasteiger partial charge in [0.1, 0.15) is 16.8 Å². The molecule has 0 bridgehead atoms. The molecule has 0 unspecified atom stereocenters. The van der Waals surface area contributed by atoms with Crippen molar-refractivity contribution in [1.82, 2.24) is 9.97 Å². The molecule has 4 nitrogen and oxygen atoms in total. The van der Waals surface area contributed by atoms with Crippen molar-refractivity contribution in [2.45, 2.75) is 26.7 Å². The zero-order valence-electron chi connectivity index (χ0n) is 10.3. The van der Waals surface area contributed by atoms with Gasteiger partial charge in [-0.1, -0.05) is 18.5 Å². The van der Waals surface area contributed by atoms with Gasteiger partial charge in [0.25, 0.3) is 0 Å². The lowest BCUT2D eigenvalue weighted by Gasteiger charge is -2.33. The van der Waals surface area contributed by atoms with E-state index in [2.05, 4.69) is 22.2 Å². The summed E-state index contributed by atoms with van der Waals surface area (Å²) in [6.45, 7) is 6.71. The summed E-state index contributed by atoms with van der Waals surface area (Å²) in [6, 6.07) is 1.76. The van der Waals surface area contributed by atoms with Crippen LogP contribution in [0.4, 0.5) is 5.82 Å². The van der Waals surface area contributed by atoms with Crippen molar-refractivity contribution in [1.29, 1.82) is 0 Å². The third-order valence-corrected chi connectivity index (χ3v) is 3.40. The molecule has 1 aliphatic rings. The molecule has 0 aliphatic carbocycles. The number of aryl methyl sites for hydroxylation is 1. The first-order valence-corrected chi connectivity index (χ1v) is 6.28. The maximum Gasteiger partial charge on any atom is 0.134 e. The van der Waals surface area contributed by atoms with Gasteiger partial charge in [0.15, 0.2) is 0 Å². The lowest BCUT2D eigenvalue weighted by molar-refractivity contribution is 0.0299. The zero-order chi connectivity index (χ0) is 12.3. The van der Waals surface area contributed by atoms with Crippen molar-refractivity contribution >= 4 is 17.4 Å². The number of rotatable bonds is 3. The minimum atomic E-state index is 0.281. The maximum atomic E-state index is 5.90. The number of hydrogen-bond donors (Lipinski definition) is 1. The van der Waals surface area contributed by atoms with E-state index in [0.717, 1.165) is 38.4 Å². The van der Waals surface area contributed by atoms with Crippen LogP contribution >= 0.6 is 11.6 Å². The molecule has 1 saturated heterocycles. The summed E-state index contributed by atoms with van der Waals surface area (Å²) in [5.74, 6) is 1.49. The van der Waals surface area contributed by atoms with E-state index in [1.807, 2.05) is 6.92 Å². The van der Waals surface area contributed by atoms with Gasteiger partial charge in [-0.2, -0.15) is 0 Å². The van der Waals surface area contributed by atoms with Crippen LogP contribution in [-0.2, 0) is 4.74 Å². The number of aromatic nitrogens is 2. The van der Waals surface area contributed by atoms with E-state index in [9.17, 15) is 0 Å². The molecule has 1 fully saturated rings. The highest BCUT2D eigenvalue weighted by molar-refractivity contribution is 6.29. The van der Waals surface area contributed by atoms with Crippen LogP contribution in [0.15, 0.2) is 6.07 Å². The Kier molecular flexibility index (Phi) is 3.84. The average Bonchev–Trinajstić information content (AvgIpc) is 2.26. The van der Waals surface area contributed by atoms with E-state index in [4.69, 9.17) is 16.3 Å². The summed E-state index contributed by atoms with van der Waals surface area (Å²) in [5.41, 5.74) is 0.281. The summed E-state index contributed by atoms with van der Waals surface area (Å²) in [5, 5.41) is 3.83. The van der Waals surface area contributed by atoms with Gasteiger partial charge in [0.05, 0.1) is 0 Å². The van der Waals surface area contributed by atoms with Crippen LogP contribution in [0.1, 0.15) is 25.6 Å². The van der Waals surface area contributed by atoms with Crippen molar-refractivity contribution in [3.63, 3.8) is 0 Å². The van der Waals surface area contributed by atoms with E-state index in [0.29, 0.717) is 11.0 Å². The van der Waals surface area contributed by atoms with Crippen LogP contribution in [0.3, 0.4) is 0 Å². The predicted molar refractivity (Wildman–Crippen MR) is 68.4 cm³/mol. The highest BCUT2D eigenvalue weighted by atomic mass is 35.5. The molecule has 94 valence electrons. The molecule has 1 aromatic heterocycles. The van der Waals surface area contributed by atoms with Gasteiger partial charge in [0.2, 0.25) is 0 Å². The third kappa shape index (κ3) is 3.54. The van der Waals surface area contributed by atoms with Crippen molar-refractivity contribution in [3.8, 4) is 0 Å². The van der Waals surface area contributed by atoms with Gasteiger partial charge in [-0.15, -0.1) is 0 Å². The lowest BCUT2D eigenvalue weighted by atomic mass is 9.82. The van der Waals surface area contributed by atoms with Gasteiger partial charge in [-0.05, 0) is 25.2 Å². The first kappa shape index (κ1) is 12.6. The SMILES string of the molecule is Cc1nc(Cl)cc(NCC2(C)CCOCC2)n1. The molecule has 2 heterocycles. The summed E-state index contributed by atoms with van der Waals surface area (Å²) in [7, 11) is 0. The quantitative estimate of drug-likeness (QED) is 0.844. The van der Waals surface area contributed by atoms with Crippen molar-refractivity contribution in [3.05, 3.63) is 17.0 Å².